The molecule has 2 amide bonds. The summed E-state index contributed by atoms with van der Waals surface area (Å²) in [4.78, 5) is 16.8. The largest absolute Gasteiger partial charge is 0.374 e. The molecule has 1 aromatic rings. The zero-order chi connectivity index (χ0) is 16.2. The highest BCUT2D eigenvalue weighted by molar-refractivity contribution is 5.74. The highest BCUT2D eigenvalue weighted by Crippen LogP contribution is 2.30. The van der Waals surface area contributed by atoms with E-state index in [0.29, 0.717) is 19.0 Å². The summed E-state index contributed by atoms with van der Waals surface area (Å²) >= 11 is 0. The smallest absolute Gasteiger partial charge is 0.317 e. The average molecular weight is 321 g/mol. The van der Waals surface area contributed by atoms with Gasteiger partial charge in [0.05, 0.1) is 18.9 Å². The molecule has 1 saturated carbocycles. The molecule has 128 valence electrons. The quantitative estimate of drug-likeness (QED) is 0.819. The van der Waals surface area contributed by atoms with E-state index in [9.17, 15) is 4.79 Å². The number of hydrogen-bond acceptors (Lipinski definition) is 4. The van der Waals surface area contributed by atoms with Crippen LogP contribution in [0, 0.1) is 12.8 Å². The van der Waals surface area contributed by atoms with Crippen LogP contribution >= 0.6 is 0 Å². The molecule has 0 spiro atoms. The second-order valence-electron chi connectivity index (χ2n) is 6.78. The van der Waals surface area contributed by atoms with Crippen LogP contribution in [-0.4, -0.2) is 72.0 Å². The van der Waals surface area contributed by atoms with Gasteiger partial charge in [-0.25, -0.2) is 4.79 Å². The molecule has 1 atom stereocenters. The molecule has 1 aromatic heterocycles. The van der Waals surface area contributed by atoms with Gasteiger partial charge in [-0.3, -0.25) is 5.10 Å². The van der Waals surface area contributed by atoms with E-state index in [-0.39, 0.29) is 12.1 Å². The summed E-state index contributed by atoms with van der Waals surface area (Å²) in [5, 5.41) is 9.90. The first-order valence-electron chi connectivity index (χ1n) is 8.43. The number of aromatic nitrogens is 2. The lowest BCUT2D eigenvalue weighted by Crippen LogP contribution is -2.50. The maximum atomic E-state index is 12.6. The number of carbonyl (C=O) groups excluding carboxylic acids is 1. The number of ether oxygens (including phenoxy) is 1. The summed E-state index contributed by atoms with van der Waals surface area (Å²) < 4.78 is 5.82. The predicted octanol–water partition coefficient (Wildman–Crippen LogP) is 0.970. The molecular weight excluding hydrogens is 294 g/mol. The van der Waals surface area contributed by atoms with Gasteiger partial charge in [0, 0.05) is 44.0 Å². The van der Waals surface area contributed by atoms with Crippen LogP contribution in [0.5, 0.6) is 0 Å². The molecule has 2 fully saturated rings. The molecule has 7 nitrogen and oxygen atoms in total. The lowest BCUT2D eigenvalue weighted by atomic mass is 10.2. The van der Waals surface area contributed by atoms with E-state index < -0.39 is 0 Å². The van der Waals surface area contributed by atoms with Gasteiger partial charge in [-0.1, -0.05) is 0 Å². The van der Waals surface area contributed by atoms with Gasteiger partial charge in [0.2, 0.25) is 0 Å². The van der Waals surface area contributed by atoms with E-state index >= 15 is 0 Å². The Kier molecular flexibility index (Phi) is 5.17. The summed E-state index contributed by atoms with van der Waals surface area (Å²) in [6.45, 7) is 6.56. The van der Waals surface area contributed by atoms with Crippen molar-refractivity contribution in [3.8, 4) is 0 Å². The molecule has 0 aromatic carbocycles. The summed E-state index contributed by atoms with van der Waals surface area (Å²) in [5.41, 5.74) is 2.02. The van der Waals surface area contributed by atoms with Gasteiger partial charge in [-0.2, -0.15) is 5.10 Å². The number of amides is 2. The monoisotopic (exact) mass is 321 g/mol. The molecule has 0 radical (unpaired) electrons. The number of aryl methyl sites for hydroxylation is 1. The SMILES string of the molecule is Cc1[nH]ncc1CNC(=O)N(CC1CC1)C[C@H]1CN(C)CCO1. The van der Waals surface area contributed by atoms with Gasteiger partial charge in [0.15, 0.2) is 0 Å². The summed E-state index contributed by atoms with van der Waals surface area (Å²) in [5.74, 6) is 0.665. The van der Waals surface area contributed by atoms with Crippen LogP contribution < -0.4 is 5.32 Å². The number of nitrogens with one attached hydrogen (secondary N) is 2. The van der Waals surface area contributed by atoms with Gasteiger partial charge in [0.1, 0.15) is 0 Å². The second-order valence-corrected chi connectivity index (χ2v) is 6.78. The van der Waals surface area contributed by atoms with Gasteiger partial charge in [0.25, 0.3) is 0 Å². The molecule has 2 heterocycles. The molecule has 0 unspecified atom stereocenters. The molecule has 2 N–H and O–H groups in total. The molecule has 2 aliphatic rings. The summed E-state index contributed by atoms with van der Waals surface area (Å²) in [7, 11) is 2.10. The van der Waals surface area contributed by atoms with Crippen LogP contribution in [0.2, 0.25) is 0 Å². The van der Waals surface area contributed by atoms with Crippen LogP contribution in [0.3, 0.4) is 0 Å². The molecular formula is C16H27N5O2. The van der Waals surface area contributed by atoms with Crippen molar-refractivity contribution in [1.29, 1.82) is 0 Å². The number of aromatic amines is 1. The minimum Gasteiger partial charge on any atom is -0.374 e. The first-order valence-corrected chi connectivity index (χ1v) is 8.43. The lowest BCUT2D eigenvalue weighted by molar-refractivity contribution is -0.0308. The predicted molar refractivity (Wildman–Crippen MR) is 87.1 cm³/mol. The molecule has 1 aliphatic carbocycles. The number of rotatable bonds is 6. The number of morpholine rings is 1. The normalized spacial score (nSPS) is 22.1. The first kappa shape index (κ1) is 16.3. The van der Waals surface area contributed by atoms with Crippen molar-refractivity contribution in [2.24, 2.45) is 5.92 Å². The number of nitrogens with zero attached hydrogens (tertiary/aromatic N) is 3. The van der Waals surface area contributed by atoms with Gasteiger partial charge < -0.3 is 19.9 Å². The summed E-state index contributed by atoms with van der Waals surface area (Å²) in [6, 6.07) is -0.00525. The second kappa shape index (κ2) is 7.31. The van der Waals surface area contributed by atoms with Crippen LogP contribution in [0.4, 0.5) is 4.79 Å². The highest BCUT2D eigenvalue weighted by Gasteiger charge is 2.29. The third-order valence-corrected chi connectivity index (χ3v) is 4.59. The minimum atomic E-state index is -0.00525. The number of urea groups is 1. The Hall–Kier alpha value is -1.60. The van der Waals surface area contributed by atoms with Gasteiger partial charge in [-0.15, -0.1) is 0 Å². The van der Waals surface area contributed by atoms with Crippen LogP contribution in [-0.2, 0) is 11.3 Å². The third kappa shape index (κ3) is 4.68. The topological polar surface area (TPSA) is 73.5 Å². The van der Waals surface area contributed by atoms with E-state index in [4.69, 9.17) is 4.74 Å². The fourth-order valence-electron chi connectivity index (χ4n) is 2.91. The molecule has 23 heavy (non-hydrogen) atoms. The van der Waals surface area contributed by atoms with Crippen LogP contribution in [0.25, 0.3) is 0 Å². The zero-order valence-corrected chi connectivity index (χ0v) is 14.0. The van der Waals surface area contributed by atoms with Crippen molar-refractivity contribution in [3.05, 3.63) is 17.5 Å². The Morgan fingerprint density at radius 3 is 3.00 bits per heavy atom. The van der Waals surface area contributed by atoms with Crippen LogP contribution in [0.1, 0.15) is 24.1 Å². The van der Waals surface area contributed by atoms with E-state index in [1.165, 1.54) is 12.8 Å². The maximum absolute atomic E-state index is 12.6. The standard InChI is InChI=1S/C16H27N5O2/c1-12-14(8-18-19-12)7-17-16(22)21(9-13-3-4-13)11-15-10-20(2)5-6-23-15/h8,13,15H,3-7,9-11H2,1-2H3,(H,17,22)(H,18,19)/t15-/m1/s1. The molecule has 1 saturated heterocycles. The molecule has 3 rings (SSSR count). The fraction of sp³-hybridized carbons (Fsp3) is 0.750. The number of carbonyl (C=O) groups is 1. The lowest BCUT2D eigenvalue weighted by Gasteiger charge is -2.34. The third-order valence-electron chi connectivity index (χ3n) is 4.59. The van der Waals surface area contributed by atoms with Gasteiger partial charge in [-0.05, 0) is 32.7 Å². The Morgan fingerprint density at radius 2 is 2.35 bits per heavy atom. The number of H-pyrrole nitrogens is 1. The number of hydrogen-bond donors (Lipinski definition) is 2. The van der Waals surface area contributed by atoms with E-state index in [2.05, 4.69) is 27.5 Å². The summed E-state index contributed by atoms with van der Waals surface area (Å²) in [6.07, 6.45) is 4.33. The maximum Gasteiger partial charge on any atom is 0.317 e. The van der Waals surface area contributed by atoms with Crippen molar-refractivity contribution in [3.63, 3.8) is 0 Å². The molecule has 1 aliphatic heterocycles. The van der Waals surface area contributed by atoms with Crippen molar-refractivity contribution in [2.45, 2.75) is 32.4 Å². The van der Waals surface area contributed by atoms with Crippen molar-refractivity contribution < 1.29 is 9.53 Å². The first-order chi connectivity index (χ1) is 11.1. The van der Waals surface area contributed by atoms with E-state index in [1.807, 2.05) is 11.8 Å². The zero-order valence-electron chi connectivity index (χ0n) is 14.0. The molecule has 0 bridgehead atoms. The minimum absolute atomic E-state index is 0.00525. The highest BCUT2D eigenvalue weighted by atomic mass is 16.5. The average Bonchev–Trinajstić information content (AvgIpc) is 3.25. The van der Waals surface area contributed by atoms with Gasteiger partial charge >= 0.3 is 6.03 Å². The van der Waals surface area contributed by atoms with Crippen molar-refractivity contribution in [2.75, 3.05) is 39.8 Å². The Balaban J connectivity index is 1.54. The van der Waals surface area contributed by atoms with E-state index in [0.717, 1.165) is 37.5 Å². The molecule has 7 heteroatoms. The van der Waals surface area contributed by atoms with E-state index in [1.54, 1.807) is 6.20 Å². The van der Waals surface area contributed by atoms with Crippen molar-refractivity contribution in [1.82, 2.24) is 25.3 Å². The van der Waals surface area contributed by atoms with Crippen LogP contribution in [0.15, 0.2) is 6.20 Å². The Morgan fingerprint density at radius 1 is 1.52 bits per heavy atom. The van der Waals surface area contributed by atoms with Crippen molar-refractivity contribution >= 4 is 6.03 Å². The number of likely N-dealkylation sites (N-methyl/N-ethyl adjacent to an activating group) is 1. The Labute approximate surface area is 137 Å². The fourth-order valence-corrected chi connectivity index (χ4v) is 2.91. The Bertz CT molecular complexity index is 528.